The first kappa shape index (κ1) is 11.6. The number of rotatable bonds is 3. The fourth-order valence-electron chi connectivity index (χ4n) is 1.92. The largest absolute Gasteiger partial charge is 0.444 e. The first-order valence-electron chi connectivity index (χ1n) is 6.06. The summed E-state index contributed by atoms with van der Waals surface area (Å²) in [5.74, 6) is 2.27. The molecule has 1 aromatic rings. The Bertz CT molecular complexity index is 340. The SMILES string of the molecule is Cc1nc(C(C)C)oc1CN1CCNCC1. The molecule has 0 aromatic carbocycles. The van der Waals surface area contributed by atoms with Gasteiger partial charge < -0.3 is 9.73 Å². The minimum Gasteiger partial charge on any atom is -0.444 e. The summed E-state index contributed by atoms with van der Waals surface area (Å²) in [7, 11) is 0. The van der Waals surface area contributed by atoms with Gasteiger partial charge in [-0.1, -0.05) is 13.8 Å². The van der Waals surface area contributed by atoms with Gasteiger partial charge in [-0.3, -0.25) is 4.90 Å². The third-order valence-electron chi connectivity index (χ3n) is 2.98. The molecule has 0 spiro atoms. The van der Waals surface area contributed by atoms with Gasteiger partial charge in [-0.15, -0.1) is 0 Å². The van der Waals surface area contributed by atoms with Crippen LogP contribution < -0.4 is 5.32 Å². The van der Waals surface area contributed by atoms with E-state index < -0.39 is 0 Å². The topological polar surface area (TPSA) is 41.3 Å². The number of hydrogen-bond donors (Lipinski definition) is 1. The van der Waals surface area contributed by atoms with Crippen LogP contribution >= 0.6 is 0 Å². The molecule has 2 rings (SSSR count). The number of hydrogen-bond acceptors (Lipinski definition) is 4. The van der Waals surface area contributed by atoms with Gasteiger partial charge in [0, 0.05) is 32.1 Å². The Hall–Kier alpha value is -0.870. The van der Waals surface area contributed by atoms with Crippen molar-refractivity contribution < 1.29 is 4.42 Å². The Kier molecular flexibility index (Phi) is 3.61. The summed E-state index contributed by atoms with van der Waals surface area (Å²) in [4.78, 5) is 6.88. The molecule has 0 unspecified atom stereocenters. The van der Waals surface area contributed by atoms with Crippen molar-refractivity contribution in [3.63, 3.8) is 0 Å². The number of aromatic nitrogens is 1. The third kappa shape index (κ3) is 2.62. The highest BCUT2D eigenvalue weighted by atomic mass is 16.4. The van der Waals surface area contributed by atoms with E-state index >= 15 is 0 Å². The molecule has 0 amide bonds. The minimum atomic E-state index is 0.371. The van der Waals surface area contributed by atoms with Gasteiger partial charge in [0.2, 0.25) is 0 Å². The molecular weight excluding hydrogens is 202 g/mol. The molecule has 1 fully saturated rings. The van der Waals surface area contributed by atoms with Gasteiger partial charge in [-0.05, 0) is 6.92 Å². The van der Waals surface area contributed by atoms with E-state index in [1.54, 1.807) is 0 Å². The fourth-order valence-corrected chi connectivity index (χ4v) is 1.92. The monoisotopic (exact) mass is 223 g/mol. The lowest BCUT2D eigenvalue weighted by atomic mass is 10.2. The lowest BCUT2D eigenvalue weighted by Crippen LogP contribution is -2.42. The van der Waals surface area contributed by atoms with Crippen LogP contribution in [0.15, 0.2) is 4.42 Å². The van der Waals surface area contributed by atoms with Crippen molar-refractivity contribution in [2.75, 3.05) is 26.2 Å². The zero-order valence-electron chi connectivity index (χ0n) is 10.4. The summed E-state index contributed by atoms with van der Waals surface area (Å²) >= 11 is 0. The molecule has 0 atom stereocenters. The molecule has 4 heteroatoms. The van der Waals surface area contributed by atoms with E-state index in [4.69, 9.17) is 4.42 Å². The average Bonchev–Trinajstić information content (AvgIpc) is 2.62. The molecule has 1 aromatic heterocycles. The minimum absolute atomic E-state index is 0.371. The summed E-state index contributed by atoms with van der Waals surface area (Å²) in [6.07, 6.45) is 0. The fraction of sp³-hybridized carbons (Fsp3) is 0.750. The maximum absolute atomic E-state index is 5.81. The maximum atomic E-state index is 5.81. The number of oxazole rings is 1. The van der Waals surface area contributed by atoms with Crippen molar-refractivity contribution >= 4 is 0 Å². The van der Waals surface area contributed by atoms with Crippen molar-refractivity contribution in [3.8, 4) is 0 Å². The quantitative estimate of drug-likeness (QED) is 0.843. The van der Waals surface area contributed by atoms with Crippen LogP contribution in [0.5, 0.6) is 0 Å². The average molecular weight is 223 g/mol. The van der Waals surface area contributed by atoms with Crippen LogP contribution in [0.2, 0.25) is 0 Å². The first-order valence-corrected chi connectivity index (χ1v) is 6.06. The molecule has 16 heavy (non-hydrogen) atoms. The van der Waals surface area contributed by atoms with Crippen LogP contribution in [0.4, 0.5) is 0 Å². The summed E-state index contributed by atoms with van der Waals surface area (Å²) < 4.78 is 5.81. The summed E-state index contributed by atoms with van der Waals surface area (Å²) in [5, 5.41) is 3.35. The molecule has 0 bridgehead atoms. The summed E-state index contributed by atoms with van der Waals surface area (Å²) in [6, 6.07) is 0. The summed E-state index contributed by atoms with van der Waals surface area (Å²) in [5.41, 5.74) is 1.04. The third-order valence-corrected chi connectivity index (χ3v) is 2.98. The van der Waals surface area contributed by atoms with Gasteiger partial charge in [0.1, 0.15) is 5.76 Å². The molecule has 1 saturated heterocycles. The number of nitrogens with one attached hydrogen (secondary N) is 1. The predicted octanol–water partition coefficient (Wildman–Crippen LogP) is 1.51. The smallest absolute Gasteiger partial charge is 0.197 e. The highest BCUT2D eigenvalue weighted by molar-refractivity contribution is 5.09. The highest BCUT2D eigenvalue weighted by Crippen LogP contribution is 2.19. The van der Waals surface area contributed by atoms with Gasteiger partial charge in [0.25, 0.3) is 0 Å². The first-order chi connectivity index (χ1) is 7.66. The van der Waals surface area contributed by atoms with Crippen LogP contribution in [0, 0.1) is 6.92 Å². The van der Waals surface area contributed by atoms with Crippen molar-refractivity contribution in [2.45, 2.75) is 33.2 Å². The van der Waals surface area contributed by atoms with Crippen LogP contribution in [0.3, 0.4) is 0 Å². The molecule has 1 aliphatic rings. The molecule has 0 aliphatic carbocycles. The van der Waals surface area contributed by atoms with Gasteiger partial charge in [-0.2, -0.15) is 0 Å². The van der Waals surface area contributed by atoms with Crippen molar-refractivity contribution in [1.82, 2.24) is 15.2 Å². The Labute approximate surface area is 97.0 Å². The Morgan fingerprint density at radius 3 is 2.62 bits per heavy atom. The van der Waals surface area contributed by atoms with Crippen LogP contribution in [0.1, 0.15) is 37.1 Å². The van der Waals surface area contributed by atoms with Crippen LogP contribution in [-0.4, -0.2) is 36.1 Å². The second kappa shape index (κ2) is 4.97. The lowest BCUT2D eigenvalue weighted by molar-refractivity contribution is 0.213. The van der Waals surface area contributed by atoms with Crippen LogP contribution in [0.25, 0.3) is 0 Å². The van der Waals surface area contributed by atoms with E-state index in [0.29, 0.717) is 5.92 Å². The van der Waals surface area contributed by atoms with Gasteiger partial charge in [-0.25, -0.2) is 4.98 Å². The number of piperazine rings is 1. The Morgan fingerprint density at radius 2 is 2.06 bits per heavy atom. The number of nitrogens with zero attached hydrogens (tertiary/aromatic N) is 2. The van der Waals surface area contributed by atoms with Gasteiger partial charge >= 0.3 is 0 Å². The standard InChI is InChI=1S/C12H21N3O/c1-9(2)12-14-10(3)11(16-12)8-15-6-4-13-5-7-15/h9,13H,4-8H2,1-3H3. The predicted molar refractivity (Wildman–Crippen MR) is 63.5 cm³/mol. The second-order valence-corrected chi connectivity index (χ2v) is 4.74. The molecule has 2 heterocycles. The van der Waals surface area contributed by atoms with E-state index in [9.17, 15) is 0 Å². The second-order valence-electron chi connectivity index (χ2n) is 4.74. The van der Waals surface area contributed by atoms with Gasteiger partial charge in [0.15, 0.2) is 5.89 Å². The highest BCUT2D eigenvalue weighted by Gasteiger charge is 2.16. The molecular formula is C12H21N3O. The normalized spacial score (nSPS) is 18.2. The number of aryl methyl sites for hydroxylation is 1. The molecule has 1 aliphatic heterocycles. The van der Waals surface area contributed by atoms with E-state index in [0.717, 1.165) is 50.1 Å². The van der Waals surface area contributed by atoms with E-state index in [1.807, 2.05) is 6.92 Å². The zero-order chi connectivity index (χ0) is 11.5. The summed E-state index contributed by atoms with van der Waals surface area (Å²) in [6.45, 7) is 11.5. The zero-order valence-corrected chi connectivity index (χ0v) is 10.4. The molecule has 1 N–H and O–H groups in total. The lowest BCUT2D eigenvalue weighted by Gasteiger charge is -2.26. The van der Waals surface area contributed by atoms with Crippen LogP contribution in [-0.2, 0) is 6.54 Å². The molecule has 90 valence electrons. The maximum Gasteiger partial charge on any atom is 0.197 e. The molecule has 0 radical (unpaired) electrons. The van der Waals surface area contributed by atoms with E-state index in [1.165, 1.54) is 0 Å². The van der Waals surface area contributed by atoms with Crippen molar-refractivity contribution in [2.24, 2.45) is 0 Å². The molecule has 0 saturated carbocycles. The van der Waals surface area contributed by atoms with Gasteiger partial charge in [0.05, 0.1) is 12.2 Å². The van der Waals surface area contributed by atoms with Crippen molar-refractivity contribution in [3.05, 3.63) is 17.3 Å². The Morgan fingerprint density at radius 1 is 1.38 bits per heavy atom. The molecule has 4 nitrogen and oxygen atoms in total. The van der Waals surface area contributed by atoms with E-state index in [-0.39, 0.29) is 0 Å². The Balaban J connectivity index is 2.02. The van der Waals surface area contributed by atoms with E-state index in [2.05, 4.69) is 29.0 Å². The van der Waals surface area contributed by atoms with Crippen molar-refractivity contribution in [1.29, 1.82) is 0 Å².